The molecule has 1 saturated carbocycles. The third kappa shape index (κ3) is 6.14. The van der Waals surface area contributed by atoms with Crippen LogP contribution in [0.3, 0.4) is 0 Å². The summed E-state index contributed by atoms with van der Waals surface area (Å²) in [6, 6.07) is 3.15. The van der Waals surface area contributed by atoms with Crippen LogP contribution < -0.4 is 16.0 Å². The van der Waals surface area contributed by atoms with Crippen LogP contribution in [0.4, 0.5) is 10.6 Å². The summed E-state index contributed by atoms with van der Waals surface area (Å²) in [6.07, 6.45) is 7.95. The zero-order valence-electron chi connectivity index (χ0n) is 13.2. The first-order chi connectivity index (χ1) is 11.1. The smallest absolute Gasteiger partial charge is 0.315 e. The zero-order chi connectivity index (χ0) is 16.5. The van der Waals surface area contributed by atoms with E-state index in [4.69, 9.17) is 0 Å². The molecule has 0 atom stereocenters. The van der Waals surface area contributed by atoms with E-state index < -0.39 is 0 Å². The maximum absolute atomic E-state index is 11.7. The fraction of sp³-hybridized carbons (Fsp3) is 0.562. The lowest BCUT2D eigenvalue weighted by atomic mass is 9.96. The van der Waals surface area contributed by atoms with Crippen LogP contribution in [0.15, 0.2) is 18.3 Å². The van der Waals surface area contributed by atoms with Crippen molar-refractivity contribution in [2.24, 2.45) is 0 Å². The molecule has 1 heterocycles. The highest BCUT2D eigenvalue weighted by molar-refractivity contribution is 5.90. The van der Waals surface area contributed by atoms with Gasteiger partial charge in [0.1, 0.15) is 0 Å². The first-order valence-electron chi connectivity index (χ1n) is 8.13. The number of rotatable bonds is 6. The first kappa shape index (κ1) is 17.1. The molecule has 1 aromatic rings. The SMILES string of the molecule is O=C(CCCNC(=O)NC1CCCCC1)Nc1ncccc1O. The van der Waals surface area contributed by atoms with Gasteiger partial charge in [-0.05, 0) is 31.4 Å². The van der Waals surface area contributed by atoms with Crippen LogP contribution in [0.5, 0.6) is 5.75 Å². The predicted molar refractivity (Wildman–Crippen MR) is 87.2 cm³/mol. The van der Waals surface area contributed by atoms with Gasteiger partial charge in [0.2, 0.25) is 5.91 Å². The Bertz CT molecular complexity index is 530. The number of aromatic nitrogens is 1. The molecule has 126 valence electrons. The van der Waals surface area contributed by atoms with E-state index in [0.717, 1.165) is 12.8 Å². The van der Waals surface area contributed by atoms with Gasteiger partial charge in [-0.15, -0.1) is 0 Å². The molecule has 1 aliphatic rings. The topological polar surface area (TPSA) is 103 Å². The van der Waals surface area contributed by atoms with Crippen molar-refractivity contribution in [3.63, 3.8) is 0 Å². The third-order valence-corrected chi connectivity index (χ3v) is 3.85. The summed E-state index contributed by atoms with van der Waals surface area (Å²) < 4.78 is 0. The lowest BCUT2D eigenvalue weighted by molar-refractivity contribution is -0.116. The lowest BCUT2D eigenvalue weighted by Crippen LogP contribution is -2.43. The van der Waals surface area contributed by atoms with E-state index in [1.165, 1.54) is 31.5 Å². The van der Waals surface area contributed by atoms with Gasteiger partial charge in [-0.25, -0.2) is 9.78 Å². The molecule has 0 spiro atoms. The van der Waals surface area contributed by atoms with Crippen molar-refractivity contribution in [3.8, 4) is 5.75 Å². The molecule has 0 radical (unpaired) electrons. The Morgan fingerprint density at radius 2 is 2.04 bits per heavy atom. The highest BCUT2D eigenvalue weighted by atomic mass is 16.3. The number of carbonyl (C=O) groups excluding carboxylic acids is 2. The molecule has 7 heteroatoms. The highest BCUT2D eigenvalue weighted by Gasteiger charge is 2.15. The van der Waals surface area contributed by atoms with Gasteiger partial charge in [0.05, 0.1) is 0 Å². The van der Waals surface area contributed by atoms with Crippen molar-refractivity contribution in [3.05, 3.63) is 18.3 Å². The summed E-state index contributed by atoms with van der Waals surface area (Å²) in [7, 11) is 0. The summed E-state index contributed by atoms with van der Waals surface area (Å²) in [6.45, 7) is 0.431. The van der Waals surface area contributed by atoms with Crippen molar-refractivity contribution < 1.29 is 14.7 Å². The van der Waals surface area contributed by atoms with Crippen LogP contribution in [0.1, 0.15) is 44.9 Å². The Labute approximate surface area is 135 Å². The second kappa shape index (κ2) is 8.97. The fourth-order valence-corrected chi connectivity index (χ4v) is 2.62. The van der Waals surface area contributed by atoms with E-state index in [2.05, 4.69) is 20.9 Å². The quantitative estimate of drug-likeness (QED) is 0.603. The molecule has 0 bridgehead atoms. The Morgan fingerprint density at radius 3 is 2.78 bits per heavy atom. The van der Waals surface area contributed by atoms with Gasteiger partial charge >= 0.3 is 6.03 Å². The standard InChI is InChI=1S/C16H24N4O3/c21-13-8-4-10-17-15(13)20-14(22)9-5-11-18-16(23)19-12-6-2-1-3-7-12/h4,8,10,12,21H,1-3,5-7,9,11H2,(H,17,20,22)(H2,18,19,23). The third-order valence-electron chi connectivity index (χ3n) is 3.85. The Kier molecular flexibility index (Phi) is 6.65. The van der Waals surface area contributed by atoms with Crippen molar-refractivity contribution in [1.29, 1.82) is 0 Å². The normalized spacial score (nSPS) is 15.0. The molecule has 0 aromatic carbocycles. The summed E-state index contributed by atoms with van der Waals surface area (Å²) >= 11 is 0. The second-order valence-electron chi connectivity index (χ2n) is 5.76. The van der Waals surface area contributed by atoms with Crippen LogP contribution in [-0.2, 0) is 4.79 Å². The number of nitrogens with one attached hydrogen (secondary N) is 3. The average Bonchev–Trinajstić information content (AvgIpc) is 2.55. The number of urea groups is 1. The number of hydrogen-bond donors (Lipinski definition) is 4. The molecule has 0 aliphatic heterocycles. The van der Waals surface area contributed by atoms with Gasteiger partial charge in [-0.3, -0.25) is 4.79 Å². The van der Waals surface area contributed by atoms with Crippen molar-refractivity contribution in [2.45, 2.75) is 51.0 Å². The monoisotopic (exact) mass is 320 g/mol. The molecule has 2 rings (SSSR count). The minimum absolute atomic E-state index is 0.0640. The second-order valence-corrected chi connectivity index (χ2v) is 5.76. The Morgan fingerprint density at radius 1 is 1.26 bits per heavy atom. The molecule has 23 heavy (non-hydrogen) atoms. The van der Waals surface area contributed by atoms with Gasteiger partial charge in [-0.1, -0.05) is 19.3 Å². The average molecular weight is 320 g/mol. The maximum atomic E-state index is 11.7. The van der Waals surface area contributed by atoms with Crippen LogP contribution in [0.25, 0.3) is 0 Å². The zero-order valence-corrected chi connectivity index (χ0v) is 13.2. The number of nitrogens with zero attached hydrogens (tertiary/aromatic N) is 1. The molecular weight excluding hydrogens is 296 g/mol. The summed E-state index contributed by atoms with van der Waals surface area (Å²) in [5, 5.41) is 17.8. The lowest BCUT2D eigenvalue weighted by Gasteiger charge is -2.22. The number of anilines is 1. The van der Waals surface area contributed by atoms with E-state index in [1.54, 1.807) is 6.07 Å². The first-order valence-corrected chi connectivity index (χ1v) is 8.13. The number of hydrogen-bond acceptors (Lipinski definition) is 4. The predicted octanol–water partition coefficient (Wildman–Crippen LogP) is 2.14. The van der Waals surface area contributed by atoms with Crippen LogP contribution in [0, 0.1) is 0 Å². The van der Waals surface area contributed by atoms with Gasteiger partial charge < -0.3 is 21.1 Å². The number of aromatic hydroxyl groups is 1. The minimum Gasteiger partial charge on any atom is -0.504 e. The largest absolute Gasteiger partial charge is 0.504 e. The van der Waals surface area contributed by atoms with Gasteiger partial charge in [0.25, 0.3) is 0 Å². The summed E-state index contributed by atoms with van der Waals surface area (Å²) in [5.74, 6) is -0.153. The van der Waals surface area contributed by atoms with Gasteiger partial charge in [0, 0.05) is 25.2 Å². The summed E-state index contributed by atoms with van der Waals surface area (Å²) in [4.78, 5) is 27.3. The Balaban J connectivity index is 1.58. The van der Waals surface area contributed by atoms with E-state index in [0.29, 0.717) is 13.0 Å². The highest BCUT2D eigenvalue weighted by Crippen LogP contribution is 2.18. The molecule has 0 saturated heterocycles. The van der Waals surface area contributed by atoms with Crippen LogP contribution >= 0.6 is 0 Å². The number of amides is 3. The van der Waals surface area contributed by atoms with E-state index in [9.17, 15) is 14.7 Å². The summed E-state index contributed by atoms with van der Waals surface area (Å²) in [5.41, 5.74) is 0. The van der Waals surface area contributed by atoms with Gasteiger partial charge in [0.15, 0.2) is 11.6 Å². The molecule has 1 aromatic heterocycles. The molecular formula is C16H24N4O3. The molecule has 1 aliphatic carbocycles. The van der Waals surface area contributed by atoms with Crippen molar-refractivity contribution in [1.82, 2.24) is 15.6 Å². The van der Waals surface area contributed by atoms with E-state index in [1.807, 2.05) is 0 Å². The number of carbonyl (C=O) groups is 2. The Hall–Kier alpha value is -2.31. The van der Waals surface area contributed by atoms with E-state index >= 15 is 0 Å². The van der Waals surface area contributed by atoms with Crippen LogP contribution in [-0.4, -0.2) is 34.6 Å². The fourth-order valence-electron chi connectivity index (χ4n) is 2.62. The molecule has 4 N–H and O–H groups in total. The van der Waals surface area contributed by atoms with E-state index in [-0.39, 0.29) is 36.0 Å². The molecule has 0 unspecified atom stereocenters. The molecule has 1 fully saturated rings. The minimum atomic E-state index is -0.242. The van der Waals surface area contributed by atoms with Gasteiger partial charge in [-0.2, -0.15) is 0 Å². The number of pyridine rings is 1. The molecule has 3 amide bonds. The van der Waals surface area contributed by atoms with Crippen molar-refractivity contribution >= 4 is 17.8 Å². The maximum Gasteiger partial charge on any atom is 0.315 e. The van der Waals surface area contributed by atoms with Crippen LogP contribution in [0.2, 0.25) is 0 Å². The molecule has 7 nitrogen and oxygen atoms in total. The van der Waals surface area contributed by atoms with Crippen molar-refractivity contribution in [2.75, 3.05) is 11.9 Å².